The largest absolute Gasteiger partial charge is 0.378 e. The minimum absolute atomic E-state index is 0.340. The first-order chi connectivity index (χ1) is 15.3. The molecule has 1 atom stereocenters. The van der Waals surface area contributed by atoms with Crippen molar-refractivity contribution in [3.63, 3.8) is 0 Å². The molecule has 2 saturated heterocycles. The molecule has 3 aliphatic heterocycles. The quantitative estimate of drug-likeness (QED) is 0.756. The number of aromatic nitrogens is 4. The Balaban J connectivity index is 1.07. The SMILES string of the molecule is CCc1cnc(N2CCC(OCC3CCN(c4ncc5c(n4)CCNC5)C3)CC2)nc1. The summed E-state index contributed by atoms with van der Waals surface area (Å²) in [5.41, 5.74) is 3.64. The fraction of sp³-hybridized carbons (Fsp3) is 0.652. The van der Waals surface area contributed by atoms with Crippen molar-refractivity contribution in [2.75, 3.05) is 49.1 Å². The molecule has 8 heteroatoms. The summed E-state index contributed by atoms with van der Waals surface area (Å²) in [4.78, 5) is 23.1. The summed E-state index contributed by atoms with van der Waals surface area (Å²) in [6, 6.07) is 0. The molecule has 0 aliphatic carbocycles. The van der Waals surface area contributed by atoms with E-state index >= 15 is 0 Å². The van der Waals surface area contributed by atoms with Gasteiger partial charge in [0.1, 0.15) is 0 Å². The van der Waals surface area contributed by atoms with Gasteiger partial charge in [0.05, 0.1) is 18.4 Å². The van der Waals surface area contributed by atoms with Crippen molar-refractivity contribution in [1.29, 1.82) is 0 Å². The normalized spacial score (nSPS) is 22.0. The molecule has 1 unspecified atom stereocenters. The molecule has 0 radical (unpaired) electrons. The predicted molar refractivity (Wildman–Crippen MR) is 120 cm³/mol. The van der Waals surface area contributed by atoms with Gasteiger partial charge in [-0.05, 0) is 31.2 Å². The lowest BCUT2D eigenvalue weighted by Gasteiger charge is -2.32. The number of piperidine rings is 1. The van der Waals surface area contributed by atoms with Crippen LogP contribution in [0, 0.1) is 5.92 Å². The highest BCUT2D eigenvalue weighted by atomic mass is 16.5. The summed E-state index contributed by atoms with van der Waals surface area (Å²) < 4.78 is 6.32. The van der Waals surface area contributed by atoms with Crippen LogP contribution in [-0.4, -0.2) is 65.4 Å². The Morgan fingerprint density at radius 1 is 1.00 bits per heavy atom. The topological polar surface area (TPSA) is 79.3 Å². The molecule has 0 spiro atoms. The highest BCUT2D eigenvalue weighted by Crippen LogP contribution is 2.24. The molecule has 5 rings (SSSR count). The number of nitrogens with zero attached hydrogens (tertiary/aromatic N) is 6. The summed E-state index contributed by atoms with van der Waals surface area (Å²) >= 11 is 0. The van der Waals surface area contributed by atoms with E-state index in [1.165, 1.54) is 16.8 Å². The second-order valence-corrected chi connectivity index (χ2v) is 8.93. The molecule has 0 bridgehead atoms. The zero-order chi connectivity index (χ0) is 21.0. The molecule has 8 nitrogen and oxygen atoms in total. The summed E-state index contributed by atoms with van der Waals surface area (Å²) in [6.45, 7) is 8.80. The van der Waals surface area contributed by atoms with Crippen LogP contribution in [0.1, 0.15) is 43.0 Å². The number of anilines is 2. The van der Waals surface area contributed by atoms with Crippen LogP contribution in [-0.2, 0) is 24.1 Å². The van der Waals surface area contributed by atoms with Crippen molar-refractivity contribution in [3.05, 3.63) is 35.4 Å². The van der Waals surface area contributed by atoms with Gasteiger partial charge in [0.2, 0.25) is 11.9 Å². The zero-order valence-electron chi connectivity index (χ0n) is 18.5. The first kappa shape index (κ1) is 20.6. The van der Waals surface area contributed by atoms with Gasteiger partial charge in [0, 0.05) is 75.8 Å². The van der Waals surface area contributed by atoms with Gasteiger partial charge in [-0.2, -0.15) is 0 Å². The van der Waals surface area contributed by atoms with Gasteiger partial charge in [-0.3, -0.25) is 0 Å². The summed E-state index contributed by atoms with van der Waals surface area (Å²) in [5, 5.41) is 3.38. The molecular formula is C23H33N7O. The first-order valence-electron chi connectivity index (χ1n) is 11.8. The number of hydrogen-bond donors (Lipinski definition) is 1. The van der Waals surface area contributed by atoms with Crippen LogP contribution in [0.3, 0.4) is 0 Å². The van der Waals surface area contributed by atoms with Gasteiger partial charge >= 0.3 is 0 Å². The van der Waals surface area contributed by atoms with E-state index < -0.39 is 0 Å². The zero-order valence-corrected chi connectivity index (χ0v) is 18.5. The fourth-order valence-electron chi connectivity index (χ4n) is 4.72. The number of aryl methyl sites for hydroxylation is 1. The Morgan fingerprint density at radius 2 is 1.77 bits per heavy atom. The minimum atomic E-state index is 0.340. The third kappa shape index (κ3) is 4.80. The van der Waals surface area contributed by atoms with E-state index in [2.05, 4.69) is 37.0 Å². The van der Waals surface area contributed by atoms with Gasteiger partial charge in [-0.1, -0.05) is 6.92 Å². The molecule has 3 aliphatic rings. The van der Waals surface area contributed by atoms with Crippen molar-refractivity contribution in [2.24, 2.45) is 5.92 Å². The van der Waals surface area contributed by atoms with Crippen LogP contribution in [0.5, 0.6) is 0 Å². The van der Waals surface area contributed by atoms with Gasteiger partial charge < -0.3 is 19.9 Å². The number of ether oxygens (including phenoxy) is 1. The lowest BCUT2D eigenvalue weighted by atomic mass is 10.1. The third-order valence-corrected chi connectivity index (χ3v) is 6.76. The van der Waals surface area contributed by atoms with Crippen molar-refractivity contribution >= 4 is 11.9 Å². The summed E-state index contributed by atoms with van der Waals surface area (Å²) in [7, 11) is 0. The van der Waals surface area contributed by atoms with Crippen LogP contribution in [0.2, 0.25) is 0 Å². The Kier molecular flexibility index (Phi) is 6.27. The van der Waals surface area contributed by atoms with Crippen LogP contribution in [0.4, 0.5) is 11.9 Å². The second-order valence-electron chi connectivity index (χ2n) is 8.93. The van der Waals surface area contributed by atoms with Gasteiger partial charge in [-0.15, -0.1) is 0 Å². The highest BCUT2D eigenvalue weighted by Gasteiger charge is 2.28. The Morgan fingerprint density at radius 3 is 2.58 bits per heavy atom. The average Bonchev–Trinajstić information content (AvgIpc) is 3.32. The van der Waals surface area contributed by atoms with E-state index in [0.29, 0.717) is 12.0 Å². The minimum Gasteiger partial charge on any atom is -0.378 e. The monoisotopic (exact) mass is 423 g/mol. The molecule has 2 aromatic heterocycles. The van der Waals surface area contributed by atoms with Gasteiger partial charge in [-0.25, -0.2) is 19.9 Å². The molecule has 0 aromatic carbocycles. The average molecular weight is 424 g/mol. The van der Waals surface area contributed by atoms with Gasteiger partial charge in [0.25, 0.3) is 0 Å². The van der Waals surface area contributed by atoms with E-state index in [9.17, 15) is 0 Å². The van der Waals surface area contributed by atoms with E-state index in [-0.39, 0.29) is 0 Å². The molecular weight excluding hydrogens is 390 g/mol. The lowest BCUT2D eigenvalue weighted by Crippen LogP contribution is -2.38. The fourth-order valence-corrected chi connectivity index (χ4v) is 4.72. The Hall–Kier alpha value is -2.32. The molecule has 1 N–H and O–H groups in total. The van der Waals surface area contributed by atoms with E-state index in [1.807, 2.05) is 18.6 Å². The maximum atomic E-state index is 6.32. The second kappa shape index (κ2) is 9.44. The highest BCUT2D eigenvalue weighted by molar-refractivity contribution is 5.35. The van der Waals surface area contributed by atoms with E-state index in [4.69, 9.17) is 9.72 Å². The number of hydrogen-bond acceptors (Lipinski definition) is 8. The number of rotatable bonds is 6. The molecule has 31 heavy (non-hydrogen) atoms. The summed E-state index contributed by atoms with van der Waals surface area (Å²) in [5.74, 6) is 2.30. The first-order valence-corrected chi connectivity index (χ1v) is 11.8. The van der Waals surface area contributed by atoms with Crippen LogP contribution in [0.15, 0.2) is 18.6 Å². The maximum Gasteiger partial charge on any atom is 0.225 e. The van der Waals surface area contributed by atoms with Crippen molar-refractivity contribution < 1.29 is 4.74 Å². The van der Waals surface area contributed by atoms with Crippen molar-refractivity contribution in [3.8, 4) is 0 Å². The van der Waals surface area contributed by atoms with Crippen LogP contribution < -0.4 is 15.1 Å². The molecule has 5 heterocycles. The van der Waals surface area contributed by atoms with E-state index in [0.717, 1.165) is 89.9 Å². The van der Waals surface area contributed by atoms with Crippen molar-refractivity contribution in [2.45, 2.75) is 51.7 Å². The van der Waals surface area contributed by atoms with Crippen LogP contribution >= 0.6 is 0 Å². The summed E-state index contributed by atoms with van der Waals surface area (Å²) in [6.07, 6.45) is 11.4. The Bertz CT molecular complexity index is 867. The Labute approximate surface area is 184 Å². The molecule has 2 aromatic rings. The maximum absolute atomic E-state index is 6.32. The predicted octanol–water partition coefficient (Wildman–Crippen LogP) is 1.99. The molecule has 2 fully saturated rings. The van der Waals surface area contributed by atoms with Crippen LogP contribution in [0.25, 0.3) is 0 Å². The third-order valence-electron chi connectivity index (χ3n) is 6.76. The van der Waals surface area contributed by atoms with Crippen molar-refractivity contribution in [1.82, 2.24) is 25.3 Å². The number of fused-ring (bicyclic) bond motifs is 1. The number of nitrogens with one attached hydrogen (secondary N) is 1. The van der Waals surface area contributed by atoms with Gasteiger partial charge in [0.15, 0.2) is 0 Å². The molecule has 166 valence electrons. The van der Waals surface area contributed by atoms with E-state index in [1.54, 1.807) is 0 Å². The smallest absolute Gasteiger partial charge is 0.225 e. The molecule has 0 amide bonds. The lowest BCUT2D eigenvalue weighted by molar-refractivity contribution is 0.0188. The molecule has 0 saturated carbocycles. The standard InChI is InChI=1S/C23H33N7O/c1-2-17-11-25-22(26-12-17)29-9-5-20(6-10-29)31-16-18-4-8-30(15-18)23-27-14-19-13-24-7-3-21(19)28-23/h11-12,14,18,20,24H,2-10,13,15-16H2,1H3.